The van der Waals surface area contributed by atoms with Crippen LogP contribution in [-0.4, -0.2) is 11.4 Å². The summed E-state index contributed by atoms with van der Waals surface area (Å²) in [5.74, 6) is 3.10. The predicted molar refractivity (Wildman–Crippen MR) is 190 cm³/mol. The number of benzene rings is 5. The Kier molecular flexibility index (Phi) is 10.1. The van der Waals surface area contributed by atoms with Crippen molar-refractivity contribution in [1.29, 1.82) is 0 Å². The van der Waals surface area contributed by atoms with Crippen molar-refractivity contribution in [3.05, 3.63) is 154 Å². The van der Waals surface area contributed by atoms with E-state index in [2.05, 4.69) is 39.8 Å². The minimum Gasteiger partial charge on any atom is -0.489 e. The third-order valence-electron chi connectivity index (χ3n) is 9.02. The second-order valence-electron chi connectivity index (χ2n) is 13.2. The lowest BCUT2D eigenvalue weighted by molar-refractivity contribution is -0.117. The van der Waals surface area contributed by atoms with Crippen LogP contribution < -0.4 is 18.9 Å². The van der Waals surface area contributed by atoms with Crippen LogP contribution in [0.15, 0.2) is 109 Å². The van der Waals surface area contributed by atoms with Crippen LogP contribution in [0.4, 0.5) is 0 Å². The molecule has 5 aromatic rings. The van der Waals surface area contributed by atoms with Crippen molar-refractivity contribution in [3.63, 3.8) is 0 Å². The molecule has 5 nitrogen and oxygen atoms in total. The first kappa shape index (κ1) is 32.9. The van der Waals surface area contributed by atoms with E-state index in [1.807, 2.05) is 97.1 Å². The second-order valence-corrected chi connectivity index (χ2v) is 13.2. The number of hydrogen-bond acceptors (Lipinski definition) is 5. The smallest absolute Gasteiger partial charge is 0.141 e. The molecule has 1 aliphatic heterocycles. The van der Waals surface area contributed by atoms with E-state index >= 15 is 0 Å². The standard InChI is InChI=1S/C43H44O5/c1-30-31(2)42-38(22-23-43(3,4)48-42)39(41(30)47-29-34-18-12-7-13-19-34)25-36(44)24-35-20-21-37(45-27-32-14-8-5-9-15-32)26-40(35)46-28-33-16-10-6-11-17-33/h5-21,26H,22-25,27-29H2,1-4H3. The van der Waals surface area contributed by atoms with Crippen molar-refractivity contribution >= 4 is 5.78 Å². The monoisotopic (exact) mass is 640 g/mol. The lowest BCUT2D eigenvalue weighted by Crippen LogP contribution is -2.34. The molecule has 0 saturated heterocycles. The Labute approximate surface area is 284 Å². The molecule has 1 heterocycles. The van der Waals surface area contributed by atoms with Crippen molar-refractivity contribution < 1.29 is 23.7 Å². The Morgan fingerprint density at radius 2 is 1.25 bits per heavy atom. The molecule has 5 aromatic carbocycles. The van der Waals surface area contributed by atoms with E-state index in [1.54, 1.807) is 0 Å². The molecule has 48 heavy (non-hydrogen) atoms. The molecular weight excluding hydrogens is 596 g/mol. The van der Waals surface area contributed by atoms with Crippen LogP contribution in [0, 0.1) is 13.8 Å². The minimum atomic E-state index is -0.271. The Bertz CT molecular complexity index is 1850. The molecule has 0 unspecified atom stereocenters. The molecule has 0 fully saturated rings. The maximum atomic E-state index is 14.1. The number of ether oxygens (including phenoxy) is 4. The number of carbonyl (C=O) groups is 1. The zero-order valence-electron chi connectivity index (χ0n) is 28.4. The molecule has 246 valence electrons. The Morgan fingerprint density at radius 3 is 1.85 bits per heavy atom. The van der Waals surface area contributed by atoms with Gasteiger partial charge in [-0.15, -0.1) is 0 Å². The molecular formula is C43H44O5. The summed E-state index contributed by atoms with van der Waals surface area (Å²) in [5.41, 5.74) is 7.86. The Morgan fingerprint density at radius 1 is 0.688 bits per heavy atom. The molecule has 0 saturated carbocycles. The average molecular weight is 641 g/mol. The number of fused-ring (bicyclic) bond motifs is 1. The van der Waals surface area contributed by atoms with Gasteiger partial charge < -0.3 is 18.9 Å². The number of rotatable bonds is 13. The van der Waals surface area contributed by atoms with Crippen molar-refractivity contribution in [2.45, 2.75) is 78.8 Å². The maximum Gasteiger partial charge on any atom is 0.141 e. The first-order valence-electron chi connectivity index (χ1n) is 16.7. The topological polar surface area (TPSA) is 54.0 Å². The fraction of sp³-hybridized carbons (Fsp3) is 0.279. The molecule has 0 spiro atoms. The van der Waals surface area contributed by atoms with E-state index < -0.39 is 0 Å². The fourth-order valence-electron chi connectivity index (χ4n) is 6.19. The van der Waals surface area contributed by atoms with Gasteiger partial charge in [-0.2, -0.15) is 0 Å². The molecule has 6 rings (SSSR count). The third-order valence-corrected chi connectivity index (χ3v) is 9.02. The highest BCUT2D eigenvalue weighted by Crippen LogP contribution is 2.44. The SMILES string of the molecule is Cc1c(C)c2c(c(CC(=O)Cc3ccc(OCc4ccccc4)cc3OCc3ccccc3)c1OCc1ccccc1)CCC(C)(C)O2. The van der Waals surface area contributed by atoms with Gasteiger partial charge in [0.15, 0.2) is 0 Å². The van der Waals surface area contributed by atoms with Gasteiger partial charge in [0.25, 0.3) is 0 Å². The van der Waals surface area contributed by atoms with E-state index in [4.69, 9.17) is 18.9 Å². The highest BCUT2D eigenvalue weighted by molar-refractivity contribution is 5.85. The summed E-state index contributed by atoms with van der Waals surface area (Å²) in [7, 11) is 0. The normalized spacial score (nSPS) is 13.2. The van der Waals surface area contributed by atoms with Crippen molar-refractivity contribution in [2.75, 3.05) is 0 Å². The summed E-state index contributed by atoms with van der Waals surface area (Å²) < 4.78 is 25.6. The van der Waals surface area contributed by atoms with E-state index in [0.29, 0.717) is 31.3 Å². The maximum absolute atomic E-state index is 14.1. The van der Waals surface area contributed by atoms with Gasteiger partial charge in [0.05, 0.1) is 0 Å². The van der Waals surface area contributed by atoms with Crippen molar-refractivity contribution in [3.8, 4) is 23.0 Å². The summed E-state index contributed by atoms with van der Waals surface area (Å²) in [5, 5.41) is 0. The molecule has 0 atom stereocenters. The highest BCUT2D eigenvalue weighted by Gasteiger charge is 2.33. The van der Waals surface area contributed by atoms with Crippen LogP contribution in [0.2, 0.25) is 0 Å². The van der Waals surface area contributed by atoms with Gasteiger partial charge in [0.1, 0.15) is 54.2 Å². The zero-order valence-corrected chi connectivity index (χ0v) is 28.4. The van der Waals surface area contributed by atoms with Crippen molar-refractivity contribution in [2.24, 2.45) is 0 Å². The highest BCUT2D eigenvalue weighted by atomic mass is 16.5. The van der Waals surface area contributed by atoms with Crippen LogP contribution in [0.5, 0.6) is 23.0 Å². The minimum absolute atomic E-state index is 0.0809. The number of Topliss-reactive ketones (excluding diaryl/α,β-unsaturated/α-hetero) is 1. The molecule has 1 aliphatic rings. The first-order chi connectivity index (χ1) is 23.3. The summed E-state index contributed by atoms with van der Waals surface area (Å²) >= 11 is 0. The Balaban J connectivity index is 1.28. The van der Waals surface area contributed by atoms with Gasteiger partial charge >= 0.3 is 0 Å². The third kappa shape index (κ3) is 8.09. The van der Waals surface area contributed by atoms with E-state index in [0.717, 1.165) is 68.8 Å². The van der Waals surface area contributed by atoms with Gasteiger partial charge in [-0.05, 0) is 74.4 Å². The van der Waals surface area contributed by atoms with Gasteiger partial charge in [-0.1, -0.05) is 97.1 Å². The predicted octanol–water partition coefficient (Wildman–Crippen LogP) is 9.50. The average Bonchev–Trinajstić information content (AvgIpc) is 3.10. The number of ketones is 1. The lowest BCUT2D eigenvalue weighted by atomic mass is 9.85. The van der Waals surface area contributed by atoms with Crippen LogP contribution in [0.1, 0.15) is 64.8 Å². The van der Waals surface area contributed by atoms with Crippen molar-refractivity contribution in [1.82, 2.24) is 0 Å². The van der Waals surface area contributed by atoms with Gasteiger partial charge in [-0.25, -0.2) is 0 Å². The largest absolute Gasteiger partial charge is 0.489 e. The summed E-state index contributed by atoms with van der Waals surface area (Å²) in [4.78, 5) is 14.1. The fourth-order valence-corrected chi connectivity index (χ4v) is 6.19. The van der Waals surface area contributed by atoms with Crippen LogP contribution in [-0.2, 0) is 43.9 Å². The summed E-state index contributed by atoms with van der Waals surface area (Å²) in [6, 6.07) is 36.0. The lowest BCUT2D eigenvalue weighted by Gasteiger charge is -2.36. The first-order valence-corrected chi connectivity index (χ1v) is 16.7. The second kappa shape index (κ2) is 14.8. The Hall–Kier alpha value is -5.03. The van der Waals surface area contributed by atoms with Crippen LogP contribution >= 0.6 is 0 Å². The summed E-state index contributed by atoms with van der Waals surface area (Å²) in [6.07, 6.45) is 2.15. The quantitative estimate of drug-likeness (QED) is 0.128. The van der Waals surface area contributed by atoms with E-state index in [9.17, 15) is 4.79 Å². The number of carbonyl (C=O) groups excluding carboxylic acids is 1. The molecule has 0 aliphatic carbocycles. The molecule has 0 radical (unpaired) electrons. The molecule has 0 aromatic heterocycles. The van der Waals surface area contributed by atoms with Gasteiger partial charge in [0.2, 0.25) is 0 Å². The zero-order chi connectivity index (χ0) is 33.5. The van der Waals surface area contributed by atoms with Crippen LogP contribution in [0.3, 0.4) is 0 Å². The van der Waals surface area contributed by atoms with Gasteiger partial charge in [0, 0.05) is 35.6 Å². The van der Waals surface area contributed by atoms with E-state index in [-0.39, 0.29) is 24.2 Å². The molecule has 0 amide bonds. The van der Waals surface area contributed by atoms with E-state index in [1.165, 1.54) is 0 Å². The number of hydrogen-bond donors (Lipinski definition) is 0. The molecule has 0 N–H and O–H groups in total. The van der Waals surface area contributed by atoms with Crippen LogP contribution in [0.25, 0.3) is 0 Å². The van der Waals surface area contributed by atoms with Gasteiger partial charge in [-0.3, -0.25) is 4.79 Å². The molecule has 5 heteroatoms. The molecule has 0 bridgehead atoms. The summed E-state index contributed by atoms with van der Waals surface area (Å²) in [6.45, 7) is 9.67.